The molecule has 1 nitrogen and oxygen atoms in total. The third-order valence-corrected chi connectivity index (χ3v) is 18.8. The second kappa shape index (κ2) is 15.1. The van der Waals surface area contributed by atoms with E-state index in [4.69, 9.17) is 0 Å². The van der Waals surface area contributed by atoms with E-state index >= 15 is 0 Å². The summed E-state index contributed by atoms with van der Waals surface area (Å²) in [5.41, 5.74) is 22.5. The van der Waals surface area contributed by atoms with Gasteiger partial charge in [0.15, 0.2) is 0 Å². The highest BCUT2D eigenvalue weighted by atomic mass is 15.2. The van der Waals surface area contributed by atoms with Crippen LogP contribution in [0.4, 0.5) is 17.1 Å². The van der Waals surface area contributed by atoms with Gasteiger partial charge in [-0.15, -0.1) is 0 Å². The molecule has 5 aliphatic rings. The molecule has 4 fully saturated rings. The van der Waals surface area contributed by atoms with Crippen LogP contribution in [0.5, 0.6) is 0 Å². The SMILES string of the molecule is c1ccc(-c2cccc3cccc(-c4ccccc4N(c4ccccc4-c4ccc5c(c4)C4(c6ccccc6-5)C5CC6CC7CC4C675)c4ccccc4-c4cccc5cccc(-c6ccccc6)c45)c23)cc1. The van der Waals surface area contributed by atoms with Crippen molar-refractivity contribution < 1.29 is 0 Å². The van der Waals surface area contributed by atoms with E-state index in [1.807, 2.05) is 0 Å². The number of hydrogen-bond acceptors (Lipinski definition) is 1. The van der Waals surface area contributed by atoms with Gasteiger partial charge in [-0.2, -0.15) is 0 Å². The van der Waals surface area contributed by atoms with Crippen molar-refractivity contribution in [3.05, 3.63) is 260 Å². The lowest BCUT2D eigenvalue weighted by Crippen LogP contribution is -2.88. The quantitative estimate of drug-likeness (QED) is 0.147. The van der Waals surface area contributed by atoms with E-state index in [1.54, 1.807) is 11.1 Å². The van der Waals surface area contributed by atoms with Gasteiger partial charge in [-0.25, -0.2) is 0 Å². The van der Waals surface area contributed by atoms with Crippen molar-refractivity contribution in [2.24, 2.45) is 29.1 Å². The number of fused-ring (bicyclic) bond motifs is 9. The molecular formula is C71H51N. The Morgan fingerprint density at radius 1 is 0.292 bits per heavy atom. The monoisotopic (exact) mass is 917 g/mol. The molecule has 16 rings (SSSR count). The van der Waals surface area contributed by atoms with Crippen LogP contribution in [-0.2, 0) is 5.41 Å². The summed E-state index contributed by atoms with van der Waals surface area (Å²) in [4.78, 5) is 2.60. The summed E-state index contributed by atoms with van der Waals surface area (Å²) in [6.45, 7) is 0. The zero-order valence-corrected chi connectivity index (χ0v) is 40.0. The Hall–Kier alpha value is -8.26. The van der Waals surface area contributed by atoms with Gasteiger partial charge in [-0.1, -0.05) is 224 Å². The highest BCUT2D eigenvalue weighted by Gasteiger charge is 2.90. The number of hydrogen-bond donors (Lipinski definition) is 0. The van der Waals surface area contributed by atoms with Crippen LogP contribution in [0.25, 0.3) is 88.3 Å². The van der Waals surface area contributed by atoms with Gasteiger partial charge < -0.3 is 4.90 Å². The van der Waals surface area contributed by atoms with Gasteiger partial charge >= 0.3 is 0 Å². The molecular weight excluding hydrogens is 867 g/mol. The van der Waals surface area contributed by atoms with Crippen LogP contribution in [0, 0.1) is 29.1 Å². The van der Waals surface area contributed by atoms with Crippen molar-refractivity contribution in [3.8, 4) is 66.8 Å². The average molecular weight is 918 g/mol. The topological polar surface area (TPSA) is 3.24 Å². The molecule has 2 spiro atoms. The minimum Gasteiger partial charge on any atom is -0.309 e. The minimum atomic E-state index is 0.124. The predicted octanol–water partition coefficient (Wildman–Crippen LogP) is 18.7. The van der Waals surface area contributed by atoms with Crippen LogP contribution in [-0.4, -0.2) is 0 Å². The fraction of sp³-hybridized carbons (Fsp3) is 0.127. The Morgan fingerprint density at radius 2 is 0.708 bits per heavy atom. The van der Waals surface area contributed by atoms with Gasteiger partial charge in [0.05, 0.1) is 17.1 Å². The molecule has 0 radical (unpaired) electrons. The summed E-state index contributed by atoms with van der Waals surface area (Å²) in [5.74, 6) is 3.44. The first kappa shape index (κ1) is 40.5. The maximum atomic E-state index is 2.66. The molecule has 0 saturated heterocycles. The van der Waals surface area contributed by atoms with Crippen molar-refractivity contribution in [1.82, 2.24) is 0 Å². The van der Waals surface area contributed by atoms with Crippen LogP contribution in [0.1, 0.15) is 30.4 Å². The van der Waals surface area contributed by atoms with Gasteiger partial charge in [0.25, 0.3) is 0 Å². The van der Waals surface area contributed by atoms with Crippen LogP contribution >= 0.6 is 0 Å². The van der Waals surface area contributed by atoms with Crippen LogP contribution < -0.4 is 4.90 Å². The van der Waals surface area contributed by atoms with Crippen LogP contribution in [0.15, 0.2) is 249 Å². The Bertz CT molecular complexity index is 3820. The van der Waals surface area contributed by atoms with E-state index in [1.165, 1.54) is 108 Å². The molecule has 0 N–H and O–H groups in total. The highest BCUT2D eigenvalue weighted by Crippen LogP contribution is 2.94. The number of anilines is 3. The molecule has 5 aliphatic carbocycles. The number of benzene rings is 11. The van der Waals surface area contributed by atoms with Crippen molar-refractivity contribution in [2.45, 2.75) is 24.7 Å². The van der Waals surface area contributed by atoms with Crippen LogP contribution in [0.2, 0.25) is 0 Å². The van der Waals surface area contributed by atoms with Crippen molar-refractivity contribution in [2.75, 3.05) is 4.90 Å². The second-order valence-electron chi connectivity index (χ2n) is 21.4. The predicted molar refractivity (Wildman–Crippen MR) is 300 cm³/mol. The fourth-order valence-corrected chi connectivity index (χ4v) is 16.1. The molecule has 1 heteroatoms. The first-order valence-corrected chi connectivity index (χ1v) is 26.2. The third kappa shape index (κ3) is 5.23. The molecule has 0 heterocycles. The molecule has 4 saturated carbocycles. The summed E-state index contributed by atoms with van der Waals surface area (Å²) in [5, 5.41) is 4.96. The molecule has 72 heavy (non-hydrogen) atoms. The lowest BCUT2D eigenvalue weighted by molar-refractivity contribution is -0.412. The van der Waals surface area contributed by atoms with E-state index in [2.05, 4.69) is 254 Å². The summed E-state index contributed by atoms with van der Waals surface area (Å²) in [7, 11) is 0. The van der Waals surface area contributed by atoms with Crippen molar-refractivity contribution in [3.63, 3.8) is 0 Å². The van der Waals surface area contributed by atoms with Crippen molar-refractivity contribution >= 4 is 38.6 Å². The largest absolute Gasteiger partial charge is 0.309 e. The molecule has 4 unspecified atom stereocenters. The number of para-hydroxylation sites is 3. The van der Waals surface area contributed by atoms with Gasteiger partial charge in [-0.3, -0.25) is 0 Å². The molecule has 0 aliphatic heterocycles. The summed E-state index contributed by atoms with van der Waals surface area (Å²) in [6, 6.07) is 93.6. The standard InChI is InChI=1S/C71H51N/c1-3-19-45(20-4-1)53-31-15-23-47-25-17-33-59(68(47)53)57-29-9-13-37-64(57)72(65-38-14-10-30-58(65)60-34-18-26-48-24-16-32-54(69(48)60)46-21-5-2-6-22-46)63-36-12-8-27-52(63)49-39-40-56-55-28-7-11-35-61(55)71(62(56)41-49)66-43-50-42-51-44-67(71)70(50,51)66/h1-41,50-51,66-67H,42-44H2. The van der Waals surface area contributed by atoms with E-state index in [9.17, 15) is 0 Å². The molecule has 0 bridgehead atoms. The van der Waals surface area contributed by atoms with Gasteiger partial charge in [0.1, 0.15) is 0 Å². The van der Waals surface area contributed by atoms with Crippen molar-refractivity contribution in [1.29, 1.82) is 0 Å². The smallest absolute Gasteiger partial charge is 0.0540 e. The lowest BCUT2D eigenvalue weighted by Gasteiger charge is -2.92. The zero-order valence-electron chi connectivity index (χ0n) is 40.0. The first-order valence-electron chi connectivity index (χ1n) is 26.2. The molecule has 11 aromatic carbocycles. The van der Waals surface area contributed by atoms with Gasteiger partial charge in [0.2, 0.25) is 0 Å². The van der Waals surface area contributed by atoms with Crippen LogP contribution in [0.3, 0.4) is 0 Å². The molecule has 340 valence electrons. The maximum Gasteiger partial charge on any atom is 0.0540 e. The lowest BCUT2D eigenvalue weighted by atomic mass is 9.11. The number of nitrogens with zero attached hydrogens (tertiary/aromatic N) is 1. The Morgan fingerprint density at radius 3 is 1.24 bits per heavy atom. The number of rotatable bonds is 8. The van der Waals surface area contributed by atoms with E-state index in [-0.39, 0.29) is 5.41 Å². The molecule has 0 amide bonds. The molecule has 0 aromatic heterocycles. The molecule has 11 aromatic rings. The maximum absolute atomic E-state index is 2.66. The van der Waals surface area contributed by atoms with E-state index in [0.717, 1.165) is 40.7 Å². The fourth-order valence-electron chi connectivity index (χ4n) is 16.1. The second-order valence-corrected chi connectivity index (χ2v) is 21.4. The van der Waals surface area contributed by atoms with E-state index in [0.29, 0.717) is 5.41 Å². The first-order chi connectivity index (χ1) is 35.7. The molecule has 4 atom stereocenters. The Kier molecular flexibility index (Phi) is 8.50. The third-order valence-electron chi connectivity index (χ3n) is 18.8. The van der Waals surface area contributed by atoms with Gasteiger partial charge in [-0.05, 0) is 155 Å². The normalized spacial score (nSPS) is 22.4. The summed E-state index contributed by atoms with van der Waals surface area (Å²) in [6.07, 6.45) is 4.26. The average Bonchev–Trinajstić information content (AvgIpc) is 3.73. The van der Waals surface area contributed by atoms with E-state index < -0.39 is 0 Å². The minimum absolute atomic E-state index is 0.124. The summed E-state index contributed by atoms with van der Waals surface area (Å²) >= 11 is 0. The zero-order chi connectivity index (χ0) is 47.1. The van der Waals surface area contributed by atoms with Gasteiger partial charge in [0, 0.05) is 22.1 Å². The summed E-state index contributed by atoms with van der Waals surface area (Å²) < 4.78 is 0. The Labute approximate surface area is 421 Å². The Balaban J connectivity index is 0.949. The highest BCUT2D eigenvalue weighted by molar-refractivity contribution is 6.12.